The molecule has 0 aromatic carbocycles. The summed E-state index contributed by atoms with van der Waals surface area (Å²) in [5, 5.41) is 2.92. The Hall–Kier alpha value is -0.420. The van der Waals surface area contributed by atoms with Crippen molar-refractivity contribution in [3.8, 4) is 0 Å². The molecular weight excluding hydrogens is 212 g/mol. The summed E-state index contributed by atoms with van der Waals surface area (Å²) in [6, 6.07) is -0.266. The van der Waals surface area contributed by atoms with E-state index in [4.69, 9.17) is 5.73 Å². The average molecular weight is 232 g/mol. The van der Waals surface area contributed by atoms with Gasteiger partial charge in [0.1, 0.15) is 0 Å². The minimum atomic E-state index is -0.678. The number of nitrogens with one attached hydrogen (secondary N) is 1. The Morgan fingerprint density at radius 3 is 2.40 bits per heavy atom. The number of nitrogens with two attached hydrogens (primary N) is 1. The van der Waals surface area contributed by atoms with Crippen LogP contribution in [0.2, 0.25) is 0 Å². The first kappa shape index (κ1) is 12.6. The highest BCUT2D eigenvalue weighted by molar-refractivity contribution is 7.85. The number of carbonyl (C=O) groups is 1. The van der Waals surface area contributed by atoms with E-state index in [1.165, 1.54) is 0 Å². The summed E-state index contributed by atoms with van der Waals surface area (Å²) in [4.78, 5) is 11.6. The number of rotatable bonds is 3. The Kier molecular flexibility index (Phi) is 4.73. The number of hydrogen-bond donors (Lipinski definition) is 2. The highest BCUT2D eigenvalue weighted by Gasteiger charge is 2.23. The lowest BCUT2D eigenvalue weighted by atomic mass is 10.0. The van der Waals surface area contributed by atoms with Crippen molar-refractivity contribution in [1.29, 1.82) is 0 Å². The van der Waals surface area contributed by atoms with E-state index in [2.05, 4.69) is 5.32 Å². The molecule has 0 bridgehead atoms. The van der Waals surface area contributed by atoms with Gasteiger partial charge < -0.3 is 11.1 Å². The van der Waals surface area contributed by atoms with Gasteiger partial charge >= 0.3 is 0 Å². The van der Waals surface area contributed by atoms with E-state index in [0.717, 1.165) is 12.8 Å². The predicted octanol–water partition coefficient (Wildman–Crippen LogP) is -0.00300. The van der Waals surface area contributed by atoms with Gasteiger partial charge in [0.2, 0.25) is 5.91 Å². The van der Waals surface area contributed by atoms with Gasteiger partial charge in [-0.1, -0.05) is 13.8 Å². The summed E-state index contributed by atoms with van der Waals surface area (Å²) in [6.07, 6.45) is 1.62. The van der Waals surface area contributed by atoms with E-state index < -0.39 is 16.8 Å². The van der Waals surface area contributed by atoms with Crippen LogP contribution in [0, 0.1) is 5.92 Å². The van der Waals surface area contributed by atoms with Gasteiger partial charge in [-0.2, -0.15) is 0 Å². The Balaban J connectivity index is 2.35. The van der Waals surface area contributed by atoms with Crippen molar-refractivity contribution >= 4 is 16.7 Å². The molecule has 5 heteroatoms. The lowest BCUT2D eigenvalue weighted by molar-refractivity contribution is -0.124. The van der Waals surface area contributed by atoms with E-state index in [-0.39, 0.29) is 17.9 Å². The van der Waals surface area contributed by atoms with Crippen molar-refractivity contribution in [2.24, 2.45) is 11.7 Å². The molecule has 1 rings (SSSR count). The third kappa shape index (κ3) is 3.91. The van der Waals surface area contributed by atoms with Crippen LogP contribution in [-0.4, -0.2) is 33.7 Å². The Morgan fingerprint density at radius 1 is 1.40 bits per heavy atom. The SMILES string of the molecule is CC(C)[C@H](N)C(=O)NC1CCS(=O)CC1. The minimum absolute atomic E-state index is 0.0808. The first-order valence-corrected chi connectivity index (χ1v) is 6.90. The van der Waals surface area contributed by atoms with Crippen LogP contribution in [0.1, 0.15) is 26.7 Å². The van der Waals surface area contributed by atoms with Crippen molar-refractivity contribution in [2.75, 3.05) is 11.5 Å². The minimum Gasteiger partial charge on any atom is -0.352 e. The maximum atomic E-state index is 11.6. The van der Waals surface area contributed by atoms with Gasteiger partial charge in [0.05, 0.1) is 6.04 Å². The van der Waals surface area contributed by atoms with Crippen LogP contribution in [-0.2, 0) is 15.6 Å². The van der Waals surface area contributed by atoms with Gasteiger partial charge in [-0.15, -0.1) is 0 Å². The Labute approximate surface area is 93.4 Å². The molecule has 1 heterocycles. The van der Waals surface area contributed by atoms with Gasteiger partial charge in [0.25, 0.3) is 0 Å². The molecule has 0 radical (unpaired) electrons. The van der Waals surface area contributed by atoms with Crippen molar-refractivity contribution in [3.63, 3.8) is 0 Å². The van der Waals surface area contributed by atoms with Gasteiger partial charge in [-0.25, -0.2) is 0 Å². The van der Waals surface area contributed by atoms with E-state index in [1.807, 2.05) is 13.8 Å². The van der Waals surface area contributed by atoms with Gasteiger partial charge in [0, 0.05) is 28.3 Å². The quantitative estimate of drug-likeness (QED) is 0.719. The lowest BCUT2D eigenvalue weighted by Crippen LogP contribution is -2.49. The molecule has 0 spiro atoms. The van der Waals surface area contributed by atoms with Crippen LogP contribution in [0.25, 0.3) is 0 Å². The summed E-state index contributed by atoms with van der Waals surface area (Å²) < 4.78 is 11.1. The molecule has 0 aliphatic carbocycles. The van der Waals surface area contributed by atoms with Gasteiger partial charge in [-0.3, -0.25) is 9.00 Å². The largest absolute Gasteiger partial charge is 0.352 e. The van der Waals surface area contributed by atoms with E-state index in [1.54, 1.807) is 0 Å². The zero-order valence-corrected chi connectivity index (χ0v) is 10.2. The van der Waals surface area contributed by atoms with Crippen LogP contribution in [0.5, 0.6) is 0 Å². The number of hydrogen-bond acceptors (Lipinski definition) is 3. The molecule has 15 heavy (non-hydrogen) atoms. The normalized spacial score (nSPS) is 28.8. The van der Waals surface area contributed by atoms with Crippen LogP contribution < -0.4 is 11.1 Å². The van der Waals surface area contributed by atoms with Crippen molar-refractivity contribution in [2.45, 2.75) is 38.8 Å². The zero-order chi connectivity index (χ0) is 11.4. The average Bonchev–Trinajstić information content (AvgIpc) is 2.20. The molecule has 88 valence electrons. The summed E-state index contributed by atoms with van der Waals surface area (Å²) >= 11 is 0. The molecule has 1 saturated heterocycles. The molecule has 4 nitrogen and oxygen atoms in total. The number of amides is 1. The van der Waals surface area contributed by atoms with E-state index >= 15 is 0 Å². The van der Waals surface area contributed by atoms with Crippen molar-refractivity contribution < 1.29 is 9.00 Å². The fraction of sp³-hybridized carbons (Fsp3) is 0.900. The molecule has 1 fully saturated rings. The molecule has 1 amide bonds. The molecule has 0 unspecified atom stereocenters. The first-order chi connectivity index (χ1) is 7.00. The maximum Gasteiger partial charge on any atom is 0.237 e. The predicted molar refractivity (Wildman–Crippen MR) is 61.9 cm³/mol. The van der Waals surface area contributed by atoms with Gasteiger partial charge in [-0.05, 0) is 18.8 Å². The molecule has 1 atom stereocenters. The molecule has 0 aromatic rings. The molecule has 3 N–H and O–H groups in total. The van der Waals surface area contributed by atoms with Crippen molar-refractivity contribution in [3.05, 3.63) is 0 Å². The lowest BCUT2D eigenvalue weighted by Gasteiger charge is -2.25. The third-order valence-corrected chi connectivity index (χ3v) is 4.14. The highest BCUT2D eigenvalue weighted by Crippen LogP contribution is 2.09. The summed E-state index contributed by atoms with van der Waals surface area (Å²) in [5.41, 5.74) is 5.73. The van der Waals surface area contributed by atoms with Crippen LogP contribution >= 0.6 is 0 Å². The maximum absolute atomic E-state index is 11.6. The number of carbonyl (C=O) groups excluding carboxylic acids is 1. The van der Waals surface area contributed by atoms with E-state index in [0.29, 0.717) is 11.5 Å². The second-order valence-electron chi connectivity index (χ2n) is 4.40. The van der Waals surface area contributed by atoms with Crippen LogP contribution in [0.3, 0.4) is 0 Å². The third-order valence-electron chi connectivity index (χ3n) is 2.76. The fourth-order valence-electron chi connectivity index (χ4n) is 1.54. The molecule has 1 aliphatic heterocycles. The van der Waals surface area contributed by atoms with E-state index in [9.17, 15) is 9.00 Å². The molecular formula is C10H20N2O2S. The highest BCUT2D eigenvalue weighted by atomic mass is 32.2. The second-order valence-corrected chi connectivity index (χ2v) is 6.10. The van der Waals surface area contributed by atoms with Crippen LogP contribution in [0.15, 0.2) is 0 Å². The second kappa shape index (κ2) is 5.61. The summed E-state index contributed by atoms with van der Waals surface area (Å²) in [5.74, 6) is 1.47. The molecule has 0 aromatic heterocycles. The fourth-order valence-corrected chi connectivity index (χ4v) is 2.84. The molecule has 1 aliphatic rings. The topological polar surface area (TPSA) is 72.2 Å². The smallest absolute Gasteiger partial charge is 0.237 e. The van der Waals surface area contributed by atoms with Crippen LogP contribution in [0.4, 0.5) is 0 Å². The molecule has 0 saturated carbocycles. The monoisotopic (exact) mass is 232 g/mol. The summed E-state index contributed by atoms with van der Waals surface area (Å²) in [6.45, 7) is 3.86. The van der Waals surface area contributed by atoms with Gasteiger partial charge in [0.15, 0.2) is 0 Å². The first-order valence-electron chi connectivity index (χ1n) is 5.41. The zero-order valence-electron chi connectivity index (χ0n) is 9.36. The Bertz CT molecular complexity index is 246. The standard InChI is InChI=1S/C10H20N2O2S/c1-7(2)9(11)10(13)12-8-3-5-15(14)6-4-8/h7-9H,3-6,11H2,1-2H3,(H,12,13)/t8?,9-,15?/m0/s1. The summed E-state index contributed by atoms with van der Waals surface area (Å²) in [7, 11) is -0.678. The Morgan fingerprint density at radius 2 is 1.93 bits per heavy atom. The van der Waals surface area contributed by atoms with Crippen molar-refractivity contribution in [1.82, 2.24) is 5.32 Å².